The Balaban J connectivity index is 1.37. The molecule has 4 rings (SSSR count). The van der Waals surface area contributed by atoms with E-state index in [2.05, 4.69) is 9.88 Å². The largest absolute Gasteiger partial charge is 0.497 e. The molecule has 0 spiro atoms. The van der Waals surface area contributed by atoms with E-state index < -0.39 is 18.1 Å². The standard InChI is InChI=1S/C25H27ClF2N2O3S2/c1-33-16-3-5-21-17(12-16)24(19(26)13-29-21)20(27)4-2-15-8-9-30(14-18(15)25(31)32)10-11-34-23-7-6-22(28)35-23/h3,5-7,12-13,15,18,20H,2,4,8-11,14H2,1H3,(H,31,32)/t15?,18?,20-/m1/s1. The fourth-order valence-corrected chi connectivity index (χ4v) is 6.84. The molecule has 0 amide bonds. The summed E-state index contributed by atoms with van der Waals surface area (Å²) in [5.74, 6) is -0.149. The number of rotatable bonds is 10. The van der Waals surface area contributed by atoms with Crippen LogP contribution in [0, 0.1) is 17.0 Å². The van der Waals surface area contributed by atoms with Crippen LogP contribution in [0.15, 0.2) is 40.7 Å². The maximum Gasteiger partial charge on any atom is 0.308 e. The van der Waals surface area contributed by atoms with Crippen LogP contribution < -0.4 is 4.74 Å². The van der Waals surface area contributed by atoms with Crippen molar-refractivity contribution in [1.82, 2.24) is 9.88 Å². The average Bonchev–Trinajstić information content (AvgIpc) is 3.27. The number of thiophene rings is 1. The van der Waals surface area contributed by atoms with Crippen LogP contribution in [-0.2, 0) is 4.79 Å². The molecule has 0 radical (unpaired) electrons. The highest BCUT2D eigenvalue weighted by molar-refractivity contribution is 8.01. The van der Waals surface area contributed by atoms with E-state index >= 15 is 4.39 Å². The zero-order valence-electron chi connectivity index (χ0n) is 19.3. The SMILES string of the molecule is COc1ccc2ncc(Cl)c([C@H](F)CCC3CCN(CCSc4ccc(F)s4)CC3C(=O)O)c2c1. The number of benzene rings is 1. The number of ether oxygens (including phenoxy) is 1. The van der Waals surface area contributed by atoms with Crippen molar-refractivity contribution in [3.8, 4) is 5.75 Å². The van der Waals surface area contributed by atoms with Crippen molar-refractivity contribution in [2.45, 2.75) is 29.6 Å². The number of nitrogens with zero attached hydrogens (tertiary/aromatic N) is 2. The van der Waals surface area contributed by atoms with Gasteiger partial charge in [-0.3, -0.25) is 9.78 Å². The Labute approximate surface area is 216 Å². The predicted molar refractivity (Wildman–Crippen MR) is 137 cm³/mol. The van der Waals surface area contributed by atoms with Crippen LogP contribution in [0.2, 0.25) is 5.02 Å². The second-order valence-electron chi connectivity index (χ2n) is 8.65. The topological polar surface area (TPSA) is 62.7 Å². The Kier molecular flexibility index (Phi) is 8.86. The number of likely N-dealkylation sites (tertiary alicyclic amines) is 1. The summed E-state index contributed by atoms with van der Waals surface area (Å²) in [6, 6.07) is 8.48. The zero-order chi connectivity index (χ0) is 24.9. The summed E-state index contributed by atoms with van der Waals surface area (Å²) in [5.41, 5.74) is 1.01. The minimum atomic E-state index is -1.34. The summed E-state index contributed by atoms with van der Waals surface area (Å²) in [4.78, 5) is 18.4. The van der Waals surface area contributed by atoms with Gasteiger partial charge in [-0.2, -0.15) is 4.39 Å². The van der Waals surface area contributed by atoms with E-state index in [1.54, 1.807) is 43.1 Å². The maximum atomic E-state index is 15.5. The Bertz CT molecular complexity index is 1180. The summed E-state index contributed by atoms with van der Waals surface area (Å²) in [7, 11) is 1.55. The lowest BCUT2D eigenvalue weighted by atomic mass is 9.81. The van der Waals surface area contributed by atoms with E-state index in [0.717, 1.165) is 34.4 Å². The second kappa shape index (κ2) is 11.9. The molecule has 1 aliphatic rings. The number of halogens is 3. The van der Waals surface area contributed by atoms with Crippen molar-refractivity contribution in [3.63, 3.8) is 0 Å². The molecular weight excluding hydrogens is 514 g/mol. The van der Waals surface area contributed by atoms with Gasteiger partial charge in [0.1, 0.15) is 11.9 Å². The van der Waals surface area contributed by atoms with Crippen molar-refractivity contribution >= 4 is 51.6 Å². The van der Waals surface area contributed by atoms with Gasteiger partial charge in [-0.25, -0.2) is 4.39 Å². The summed E-state index contributed by atoms with van der Waals surface area (Å²) >= 11 is 9.04. The molecule has 1 N–H and O–H groups in total. The third-order valence-electron chi connectivity index (χ3n) is 6.53. The molecule has 1 saturated heterocycles. The number of hydrogen-bond acceptors (Lipinski definition) is 6. The molecule has 1 aromatic carbocycles. The van der Waals surface area contributed by atoms with Gasteiger partial charge in [0.2, 0.25) is 0 Å². The summed E-state index contributed by atoms with van der Waals surface area (Å²) in [6.07, 6.45) is 1.46. The number of carboxylic acid groups (broad SMARTS) is 1. The van der Waals surface area contributed by atoms with Crippen LogP contribution >= 0.6 is 34.7 Å². The first-order chi connectivity index (χ1) is 16.9. The number of alkyl halides is 1. The normalized spacial score (nSPS) is 19.7. The van der Waals surface area contributed by atoms with Crippen LogP contribution in [0.5, 0.6) is 5.75 Å². The number of aromatic nitrogens is 1. The number of fused-ring (bicyclic) bond motifs is 1. The zero-order valence-corrected chi connectivity index (χ0v) is 21.6. The first-order valence-electron chi connectivity index (χ1n) is 11.4. The lowest BCUT2D eigenvalue weighted by Gasteiger charge is -2.36. The Morgan fingerprint density at radius 1 is 1.40 bits per heavy atom. The van der Waals surface area contributed by atoms with E-state index in [4.69, 9.17) is 16.3 Å². The second-order valence-corrected chi connectivity index (χ2v) is 11.5. The van der Waals surface area contributed by atoms with E-state index in [9.17, 15) is 14.3 Å². The molecule has 35 heavy (non-hydrogen) atoms. The molecule has 1 fully saturated rings. The number of carboxylic acids is 1. The van der Waals surface area contributed by atoms with Crippen molar-refractivity contribution in [2.75, 3.05) is 32.5 Å². The Hall–Kier alpha value is -1.94. The van der Waals surface area contributed by atoms with Crippen LogP contribution in [0.25, 0.3) is 10.9 Å². The van der Waals surface area contributed by atoms with Gasteiger partial charge in [-0.1, -0.05) is 22.9 Å². The molecule has 0 saturated carbocycles. The molecule has 3 heterocycles. The minimum Gasteiger partial charge on any atom is -0.497 e. The van der Waals surface area contributed by atoms with Gasteiger partial charge in [0.05, 0.1) is 27.8 Å². The van der Waals surface area contributed by atoms with Crippen LogP contribution in [-0.4, -0.2) is 53.5 Å². The first kappa shape index (κ1) is 26.1. The van der Waals surface area contributed by atoms with Gasteiger partial charge >= 0.3 is 5.97 Å². The van der Waals surface area contributed by atoms with Crippen molar-refractivity contribution in [2.24, 2.45) is 11.8 Å². The monoisotopic (exact) mass is 540 g/mol. The van der Waals surface area contributed by atoms with E-state index in [1.165, 1.54) is 12.3 Å². The molecule has 0 bridgehead atoms. The quantitative estimate of drug-likeness (QED) is 0.289. The third kappa shape index (κ3) is 6.44. The smallest absolute Gasteiger partial charge is 0.308 e. The molecule has 1 aliphatic heterocycles. The first-order valence-corrected chi connectivity index (χ1v) is 13.6. The van der Waals surface area contributed by atoms with Gasteiger partial charge < -0.3 is 14.7 Å². The van der Waals surface area contributed by atoms with Gasteiger partial charge in [0.25, 0.3) is 0 Å². The lowest BCUT2D eigenvalue weighted by molar-refractivity contribution is -0.146. The highest BCUT2D eigenvalue weighted by Crippen LogP contribution is 2.38. The van der Waals surface area contributed by atoms with Gasteiger partial charge in [0.15, 0.2) is 5.13 Å². The van der Waals surface area contributed by atoms with Crippen molar-refractivity contribution in [3.05, 3.63) is 52.2 Å². The molecule has 3 aromatic rings. The number of pyridine rings is 1. The summed E-state index contributed by atoms with van der Waals surface area (Å²) < 4.78 is 34.9. The molecule has 2 aromatic heterocycles. The van der Waals surface area contributed by atoms with Crippen LogP contribution in [0.4, 0.5) is 8.78 Å². The Morgan fingerprint density at radius 3 is 2.94 bits per heavy atom. The molecule has 3 atom stereocenters. The fraction of sp³-hybridized carbons (Fsp3) is 0.440. The number of carbonyl (C=O) groups is 1. The van der Waals surface area contributed by atoms with Crippen LogP contribution in [0.3, 0.4) is 0 Å². The molecule has 188 valence electrons. The van der Waals surface area contributed by atoms with E-state index in [1.807, 2.05) is 0 Å². The molecule has 10 heteroatoms. The molecule has 0 aliphatic carbocycles. The Morgan fingerprint density at radius 2 is 2.23 bits per heavy atom. The highest BCUT2D eigenvalue weighted by Gasteiger charge is 2.34. The number of thioether (sulfide) groups is 1. The summed E-state index contributed by atoms with van der Waals surface area (Å²) in [5, 5.41) is 10.5. The van der Waals surface area contributed by atoms with Crippen molar-refractivity contribution in [1.29, 1.82) is 0 Å². The van der Waals surface area contributed by atoms with Gasteiger partial charge in [-0.05, 0) is 62.1 Å². The molecule has 5 nitrogen and oxygen atoms in total. The molecular formula is C25H27ClF2N2O3S2. The highest BCUT2D eigenvalue weighted by atomic mass is 35.5. The predicted octanol–water partition coefficient (Wildman–Crippen LogP) is 6.70. The number of aliphatic carboxylic acids is 1. The number of hydrogen-bond donors (Lipinski definition) is 1. The van der Waals surface area contributed by atoms with Crippen LogP contribution in [0.1, 0.15) is 31.0 Å². The van der Waals surface area contributed by atoms with Crippen molar-refractivity contribution < 1.29 is 23.4 Å². The third-order valence-corrected chi connectivity index (χ3v) is 8.91. The summed E-state index contributed by atoms with van der Waals surface area (Å²) in [6.45, 7) is 1.93. The van der Waals surface area contributed by atoms with E-state index in [0.29, 0.717) is 41.6 Å². The minimum absolute atomic E-state index is 0.109. The number of piperidine rings is 1. The maximum absolute atomic E-state index is 15.5. The average molecular weight is 541 g/mol. The molecule has 2 unspecified atom stereocenters. The van der Waals surface area contributed by atoms with Gasteiger partial charge in [0, 0.05) is 36.0 Å². The van der Waals surface area contributed by atoms with Gasteiger partial charge in [-0.15, -0.1) is 11.8 Å². The van der Waals surface area contributed by atoms with E-state index in [-0.39, 0.29) is 22.5 Å². The fourth-order valence-electron chi connectivity index (χ4n) is 4.66. The lowest BCUT2D eigenvalue weighted by Crippen LogP contribution is -2.44. The number of methoxy groups -OCH3 is 1.